The van der Waals surface area contributed by atoms with Crippen molar-refractivity contribution in [3.05, 3.63) is 88.5 Å². The molecular formula is C60H76N6O11S. The van der Waals surface area contributed by atoms with Crippen molar-refractivity contribution < 1.29 is 53.9 Å². The number of methoxy groups -OCH3 is 2. The van der Waals surface area contributed by atoms with E-state index >= 15 is 9.59 Å². The van der Waals surface area contributed by atoms with Crippen molar-refractivity contribution in [2.24, 2.45) is 28.3 Å². The lowest BCUT2D eigenvalue weighted by atomic mass is 9.46. The van der Waals surface area contributed by atoms with Crippen LogP contribution in [0.2, 0.25) is 0 Å². The van der Waals surface area contributed by atoms with Crippen LogP contribution in [-0.4, -0.2) is 160 Å². The fourth-order valence-corrected chi connectivity index (χ4v) is 18.2. The molecule has 1 saturated carbocycles. The number of aliphatic carboxylic acids is 1. The van der Waals surface area contributed by atoms with E-state index < -0.39 is 68.5 Å². The third kappa shape index (κ3) is 8.02. The van der Waals surface area contributed by atoms with Crippen LogP contribution in [0.4, 0.5) is 11.4 Å². The van der Waals surface area contributed by atoms with E-state index in [1.807, 2.05) is 31.9 Å². The van der Waals surface area contributed by atoms with Crippen LogP contribution in [0.15, 0.2) is 65.8 Å². The number of hydrogen-bond acceptors (Lipinski definition) is 15. The Labute approximate surface area is 461 Å². The average molecular weight is 1090 g/mol. The smallest absolute Gasteiger partial charge is 0.316 e. The second kappa shape index (κ2) is 20.0. The number of thioether (sulfide) groups is 1. The summed E-state index contributed by atoms with van der Waals surface area (Å²) in [6, 6.07) is 18.0. The first-order chi connectivity index (χ1) is 37.3. The van der Waals surface area contributed by atoms with E-state index in [4.69, 9.17) is 9.47 Å². The number of carbonyl (C=O) groups is 5. The second-order valence-corrected chi connectivity index (χ2v) is 25.4. The van der Waals surface area contributed by atoms with Crippen LogP contribution in [0, 0.1) is 23.2 Å². The number of carboxylic acids is 1. The highest BCUT2D eigenvalue weighted by Gasteiger charge is 2.79. The predicted molar refractivity (Wildman–Crippen MR) is 296 cm³/mol. The van der Waals surface area contributed by atoms with E-state index in [1.54, 1.807) is 45.2 Å². The molecule has 5 N–H and O–H groups in total. The number of aliphatic hydroxyl groups excluding tert-OH is 1. The van der Waals surface area contributed by atoms with Gasteiger partial charge in [0.15, 0.2) is 5.60 Å². The maximum Gasteiger partial charge on any atom is 0.316 e. The van der Waals surface area contributed by atoms with Crippen molar-refractivity contribution in [3.63, 3.8) is 0 Å². The van der Waals surface area contributed by atoms with Crippen LogP contribution in [0.25, 0.3) is 0 Å². The normalized spacial score (nSPS) is 36.3. The number of esters is 1. The van der Waals surface area contributed by atoms with E-state index in [1.165, 1.54) is 18.2 Å². The Balaban J connectivity index is 0.989. The van der Waals surface area contributed by atoms with E-state index in [2.05, 4.69) is 50.7 Å². The number of fused-ring (bicyclic) bond motifs is 6. The number of anilines is 2. The molecule has 18 heteroatoms. The summed E-state index contributed by atoms with van der Waals surface area (Å²) in [5, 5.41) is 52.2. The van der Waals surface area contributed by atoms with Crippen molar-refractivity contribution in [2.75, 3.05) is 69.5 Å². The lowest BCUT2D eigenvalue weighted by Gasteiger charge is -2.64. The Bertz CT molecular complexity index is 2960. The lowest BCUT2D eigenvalue weighted by Crippen LogP contribution is -2.82. The number of amides is 3. The van der Waals surface area contributed by atoms with Gasteiger partial charge in [-0.05, 0) is 143 Å². The molecule has 418 valence electrons. The monoisotopic (exact) mass is 1090 g/mol. The molecule has 8 aliphatic rings. The zero-order valence-corrected chi connectivity index (χ0v) is 46.8. The maximum atomic E-state index is 15.6. The summed E-state index contributed by atoms with van der Waals surface area (Å²) in [6.45, 7) is 10.9. The summed E-state index contributed by atoms with van der Waals surface area (Å²) in [4.78, 5) is 76.9. The summed E-state index contributed by atoms with van der Waals surface area (Å²) in [6.07, 6.45) is 3.79. The van der Waals surface area contributed by atoms with Crippen LogP contribution in [-0.2, 0) is 46.0 Å². The Morgan fingerprint density at radius 2 is 1.69 bits per heavy atom. The fourth-order valence-electron chi connectivity index (χ4n) is 17.0. The van der Waals surface area contributed by atoms with Crippen molar-refractivity contribution in [3.8, 4) is 5.75 Å². The third-order valence-electron chi connectivity index (χ3n) is 20.5. The molecule has 6 heterocycles. The van der Waals surface area contributed by atoms with Gasteiger partial charge in [-0.2, -0.15) is 5.10 Å². The first-order valence-corrected chi connectivity index (χ1v) is 29.2. The minimum Gasteiger partial charge on any atom is -0.496 e. The molecule has 14 atom stereocenters. The standard InChI is InChI=1S/C60H76N6O11S/c1-8-56(74)29-36-30-59(55(73)77-7,42-25-38-13-10-11-14-40(38)41(42)19-23-64(31-36)33-56)44-26-43-45(27-46(44)76-6)63(5)52-58(43)21-24-65-22-12-20-57(9-2,51(58)65)53(71)60(52,75)54(72)62-61-35(4)37-15-17-39(18-16-37)66-48(67)28-47(49(66)68)78-32-34(3)50(69)70/h10-11,13-18,26-27,34,36,41-42,47,51-53,71,74-75H,8-9,12,19-25,28-33H2,1-7H3,(H,62,72)(H,69,70)/b61-35+/t34-,36+,41?,42?,47?,51-,52+,53+,56-,57+,58+,59+,60-/m0/s1. The molecule has 3 amide bonds. The number of likely N-dealkylation sites (N-methyl/N-ethyl adjacent to an activating group) is 1. The minimum absolute atomic E-state index is 0.00728. The summed E-state index contributed by atoms with van der Waals surface area (Å²) >= 11 is 1.16. The van der Waals surface area contributed by atoms with E-state index in [-0.39, 0.29) is 47.8 Å². The highest BCUT2D eigenvalue weighted by Crippen LogP contribution is 2.69. The highest BCUT2D eigenvalue weighted by atomic mass is 32.2. The molecule has 6 fully saturated rings. The number of nitrogens with zero attached hydrogens (tertiary/aromatic N) is 5. The third-order valence-corrected chi connectivity index (χ3v) is 21.9. The molecular weight excluding hydrogens is 1010 g/mol. The highest BCUT2D eigenvalue weighted by molar-refractivity contribution is 8.00. The Kier molecular flexibility index (Phi) is 14.0. The molecule has 2 bridgehead atoms. The number of carbonyl (C=O) groups excluding carboxylic acids is 4. The van der Waals surface area contributed by atoms with E-state index in [0.29, 0.717) is 86.3 Å². The number of hydrogen-bond donors (Lipinski definition) is 5. The average Bonchev–Trinajstić information content (AvgIpc) is 4.37. The number of nitrogens with one attached hydrogen (secondary N) is 1. The first kappa shape index (κ1) is 54.6. The van der Waals surface area contributed by atoms with Gasteiger partial charge in [0.05, 0.1) is 48.4 Å². The molecule has 5 saturated heterocycles. The van der Waals surface area contributed by atoms with Gasteiger partial charge in [-0.1, -0.05) is 57.2 Å². The number of piperidine rings is 2. The van der Waals surface area contributed by atoms with Crippen molar-refractivity contribution in [2.45, 2.75) is 143 Å². The molecule has 4 unspecified atom stereocenters. The molecule has 3 aromatic rings. The number of benzene rings is 3. The van der Waals surface area contributed by atoms with E-state index in [0.717, 1.165) is 60.4 Å². The molecule has 11 rings (SSSR count). The SMILES string of the molecule is CC[C@]1(O)C[C@H]2CN(CCC3c4ccccc4CC3[C@@](C(=O)OC)(c3cc4c(cc3OC)N(C)[C@H]3[C@@](O)(C(=O)N/N=C(\C)c5ccc(N6C(=O)CC(SC[C@H](C)C(=O)O)C6=O)cc5)[C@H](O)[C@]5(CC)CCCN6CC[C@]43[C@@H]65)C2)C1. The van der Waals surface area contributed by atoms with Gasteiger partial charge in [0.2, 0.25) is 11.8 Å². The largest absolute Gasteiger partial charge is 0.496 e. The van der Waals surface area contributed by atoms with Gasteiger partial charge in [0.1, 0.15) is 17.3 Å². The summed E-state index contributed by atoms with van der Waals surface area (Å²) in [5.41, 5.74) is 2.34. The van der Waals surface area contributed by atoms with Gasteiger partial charge < -0.3 is 39.7 Å². The van der Waals surface area contributed by atoms with Crippen LogP contribution in [0.3, 0.4) is 0 Å². The topological polar surface area (TPSA) is 222 Å². The lowest BCUT2D eigenvalue weighted by molar-refractivity contribution is -0.221. The van der Waals surface area contributed by atoms with Crippen molar-refractivity contribution in [1.82, 2.24) is 15.2 Å². The predicted octanol–water partition coefficient (Wildman–Crippen LogP) is 5.37. The van der Waals surface area contributed by atoms with Crippen LogP contribution < -0.4 is 20.0 Å². The van der Waals surface area contributed by atoms with Crippen LogP contribution >= 0.6 is 11.8 Å². The maximum absolute atomic E-state index is 15.6. The number of aliphatic hydroxyl groups is 3. The van der Waals surface area contributed by atoms with Crippen LogP contribution in [0.1, 0.15) is 119 Å². The van der Waals surface area contributed by atoms with Gasteiger partial charge in [0, 0.05) is 66.5 Å². The molecule has 6 aliphatic heterocycles. The molecule has 0 radical (unpaired) electrons. The zero-order chi connectivity index (χ0) is 55.4. The number of carboxylic acid groups (broad SMARTS) is 1. The molecule has 17 nitrogen and oxygen atoms in total. The van der Waals surface area contributed by atoms with Crippen molar-refractivity contribution >= 4 is 58.5 Å². The molecule has 2 aliphatic carbocycles. The van der Waals surface area contributed by atoms with Crippen molar-refractivity contribution in [1.29, 1.82) is 0 Å². The Morgan fingerprint density at radius 1 is 0.936 bits per heavy atom. The zero-order valence-electron chi connectivity index (χ0n) is 46.0. The molecule has 0 aromatic heterocycles. The molecule has 3 aromatic carbocycles. The number of imide groups is 1. The van der Waals surface area contributed by atoms with E-state index in [9.17, 15) is 34.8 Å². The Hall–Kier alpha value is -5.37. The minimum atomic E-state index is -2.42. The van der Waals surface area contributed by atoms with Gasteiger partial charge in [-0.3, -0.25) is 28.9 Å². The quantitative estimate of drug-likeness (QED) is 0.0629. The van der Waals surface area contributed by atoms with Gasteiger partial charge in [-0.15, -0.1) is 11.8 Å². The summed E-state index contributed by atoms with van der Waals surface area (Å²) in [7, 11) is 4.97. The fraction of sp³-hybridized carbons (Fsp3) is 0.600. The van der Waals surface area contributed by atoms with Gasteiger partial charge in [0.25, 0.3) is 5.91 Å². The molecule has 78 heavy (non-hydrogen) atoms. The first-order valence-electron chi connectivity index (χ1n) is 28.1. The second-order valence-electron chi connectivity index (χ2n) is 24.2. The Morgan fingerprint density at radius 3 is 2.40 bits per heavy atom. The summed E-state index contributed by atoms with van der Waals surface area (Å²) in [5.74, 6) is -3.25. The van der Waals surface area contributed by atoms with Gasteiger partial charge >= 0.3 is 11.9 Å². The molecule has 1 spiro atoms. The van der Waals surface area contributed by atoms with Gasteiger partial charge in [-0.25, -0.2) is 10.3 Å². The van der Waals surface area contributed by atoms with Crippen LogP contribution in [0.5, 0.6) is 5.75 Å². The number of rotatable bonds is 13. The number of hydrazone groups is 1. The number of ether oxygens (including phenoxy) is 2. The summed E-state index contributed by atoms with van der Waals surface area (Å²) < 4.78 is 12.6.